The van der Waals surface area contributed by atoms with Gasteiger partial charge in [-0.25, -0.2) is 0 Å². The molecule has 0 fully saturated rings. The number of benzene rings is 1. The van der Waals surface area contributed by atoms with Crippen molar-refractivity contribution in [2.75, 3.05) is 5.32 Å². The minimum Gasteiger partial charge on any atom is -0.367 e. The van der Waals surface area contributed by atoms with Gasteiger partial charge in [-0.15, -0.1) is 0 Å². The van der Waals surface area contributed by atoms with Gasteiger partial charge < -0.3 is 10.3 Å². The SMILES string of the molecule is Cc1cc(Cl)c(NC(=O)c2c[nH]ccc2=O)cc1Cl. The third kappa shape index (κ3) is 2.97. The Hall–Kier alpha value is -1.78. The molecule has 2 rings (SSSR count). The molecule has 0 saturated heterocycles. The van der Waals surface area contributed by atoms with E-state index in [9.17, 15) is 9.59 Å². The van der Waals surface area contributed by atoms with Gasteiger partial charge in [-0.2, -0.15) is 0 Å². The van der Waals surface area contributed by atoms with Gasteiger partial charge in [0.1, 0.15) is 5.56 Å². The normalized spacial score (nSPS) is 10.3. The van der Waals surface area contributed by atoms with E-state index in [1.54, 1.807) is 12.1 Å². The predicted molar refractivity (Wildman–Crippen MR) is 76.2 cm³/mol. The zero-order chi connectivity index (χ0) is 14.0. The molecule has 0 aliphatic heterocycles. The Balaban J connectivity index is 2.32. The van der Waals surface area contributed by atoms with E-state index in [0.29, 0.717) is 15.7 Å². The van der Waals surface area contributed by atoms with Gasteiger partial charge in [0.2, 0.25) is 0 Å². The van der Waals surface area contributed by atoms with Gasteiger partial charge in [0.25, 0.3) is 5.91 Å². The molecule has 0 bridgehead atoms. The van der Waals surface area contributed by atoms with Gasteiger partial charge in [0.05, 0.1) is 10.7 Å². The van der Waals surface area contributed by atoms with E-state index in [1.807, 2.05) is 6.92 Å². The molecule has 1 amide bonds. The molecule has 1 aromatic carbocycles. The van der Waals surface area contributed by atoms with Crippen LogP contribution < -0.4 is 10.7 Å². The van der Waals surface area contributed by atoms with Crippen LogP contribution in [0, 0.1) is 6.92 Å². The standard InChI is InChI=1S/C13H10Cl2N2O2/c1-7-4-10(15)11(5-9(7)14)17-13(19)8-6-16-3-2-12(8)18/h2-6H,1H3,(H,16,18)(H,17,19). The Morgan fingerprint density at radius 1 is 1.26 bits per heavy atom. The minimum absolute atomic E-state index is 0.00950. The highest BCUT2D eigenvalue weighted by Gasteiger charge is 2.12. The summed E-state index contributed by atoms with van der Waals surface area (Å²) in [6.07, 6.45) is 2.79. The van der Waals surface area contributed by atoms with E-state index in [1.165, 1.54) is 18.5 Å². The molecule has 98 valence electrons. The average Bonchev–Trinajstić information content (AvgIpc) is 2.36. The van der Waals surface area contributed by atoms with Gasteiger partial charge in [-0.05, 0) is 24.6 Å². The van der Waals surface area contributed by atoms with Crippen molar-refractivity contribution in [1.82, 2.24) is 4.98 Å². The van der Waals surface area contributed by atoms with Crippen molar-refractivity contribution in [3.05, 3.63) is 62.0 Å². The maximum atomic E-state index is 12.0. The zero-order valence-corrected chi connectivity index (χ0v) is 11.5. The molecule has 0 radical (unpaired) electrons. The first-order chi connectivity index (χ1) is 8.99. The van der Waals surface area contributed by atoms with Crippen molar-refractivity contribution in [3.63, 3.8) is 0 Å². The average molecular weight is 297 g/mol. The molecule has 0 spiro atoms. The van der Waals surface area contributed by atoms with Crippen molar-refractivity contribution in [2.45, 2.75) is 6.92 Å². The highest BCUT2D eigenvalue weighted by Crippen LogP contribution is 2.28. The van der Waals surface area contributed by atoms with E-state index < -0.39 is 5.91 Å². The summed E-state index contributed by atoms with van der Waals surface area (Å²) in [6.45, 7) is 1.81. The maximum absolute atomic E-state index is 12.0. The fourth-order valence-electron chi connectivity index (χ4n) is 1.53. The number of hydrogen-bond donors (Lipinski definition) is 2. The second-order valence-electron chi connectivity index (χ2n) is 3.96. The Morgan fingerprint density at radius 2 is 2.00 bits per heavy atom. The van der Waals surface area contributed by atoms with Crippen LogP contribution in [0.15, 0.2) is 35.4 Å². The van der Waals surface area contributed by atoms with Crippen LogP contribution in [0.3, 0.4) is 0 Å². The van der Waals surface area contributed by atoms with Crippen molar-refractivity contribution in [3.8, 4) is 0 Å². The molecule has 0 atom stereocenters. The second kappa shape index (κ2) is 5.47. The molecule has 0 aliphatic carbocycles. The summed E-state index contributed by atoms with van der Waals surface area (Å²) in [5.74, 6) is -0.538. The number of carbonyl (C=O) groups excluding carboxylic acids is 1. The first-order valence-corrected chi connectivity index (χ1v) is 6.18. The van der Waals surface area contributed by atoms with E-state index in [4.69, 9.17) is 23.2 Å². The lowest BCUT2D eigenvalue weighted by molar-refractivity contribution is 0.102. The third-order valence-electron chi connectivity index (χ3n) is 2.57. The fraction of sp³-hybridized carbons (Fsp3) is 0.0769. The Morgan fingerprint density at radius 3 is 2.68 bits per heavy atom. The Bertz CT molecular complexity index is 695. The number of halogens is 2. The molecular weight excluding hydrogens is 287 g/mol. The van der Waals surface area contributed by atoms with Crippen molar-refractivity contribution in [2.24, 2.45) is 0 Å². The molecule has 1 heterocycles. The summed E-state index contributed by atoms with van der Waals surface area (Å²) in [7, 11) is 0. The van der Waals surface area contributed by atoms with Crippen molar-refractivity contribution >= 4 is 34.8 Å². The predicted octanol–water partition coefficient (Wildman–Crippen LogP) is 3.24. The highest BCUT2D eigenvalue weighted by atomic mass is 35.5. The monoisotopic (exact) mass is 296 g/mol. The lowest BCUT2D eigenvalue weighted by Crippen LogP contribution is -2.21. The topological polar surface area (TPSA) is 62.0 Å². The number of amides is 1. The fourth-order valence-corrected chi connectivity index (χ4v) is 1.95. The van der Waals surface area contributed by atoms with Gasteiger partial charge in [-0.3, -0.25) is 9.59 Å². The maximum Gasteiger partial charge on any atom is 0.261 e. The van der Waals surface area contributed by atoms with Crippen LogP contribution in [0.25, 0.3) is 0 Å². The van der Waals surface area contributed by atoms with Crippen LogP contribution in [0.2, 0.25) is 10.0 Å². The zero-order valence-electron chi connectivity index (χ0n) is 9.96. The first kappa shape index (κ1) is 13.6. The number of aromatic nitrogens is 1. The van der Waals surface area contributed by atoms with Crippen LogP contribution in [0.1, 0.15) is 15.9 Å². The molecule has 2 N–H and O–H groups in total. The first-order valence-electron chi connectivity index (χ1n) is 5.43. The lowest BCUT2D eigenvalue weighted by atomic mass is 10.2. The van der Waals surface area contributed by atoms with Crippen LogP contribution in [0.5, 0.6) is 0 Å². The minimum atomic E-state index is -0.538. The summed E-state index contributed by atoms with van der Waals surface area (Å²) in [5, 5.41) is 3.41. The summed E-state index contributed by atoms with van der Waals surface area (Å²) in [5.41, 5.74) is 0.814. The number of hydrogen-bond acceptors (Lipinski definition) is 2. The number of aromatic amines is 1. The van der Waals surface area contributed by atoms with Gasteiger partial charge in [0, 0.05) is 23.5 Å². The number of pyridine rings is 1. The second-order valence-corrected chi connectivity index (χ2v) is 4.77. The summed E-state index contributed by atoms with van der Waals surface area (Å²) in [4.78, 5) is 26.2. The van der Waals surface area contributed by atoms with Crippen LogP contribution in [-0.4, -0.2) is 10.9 Å². The summed E-state index contributed by atoms with van der Waals surface area (Å²) < 4.78 is 0. The lowest BCUT2D eigenvalue weighted by Gasteiger charge is -2.09. The van der Waals surface area contributed by atoms with Crippen molar-refractivity contribution in [1.29, 1.82) is 0 Å². The summed E-state index contributed by atoms with van der Waals surface area (Å²) in [6, 6.07) is 4.47. The number of H-pyrrole nitrogens is 1. The molecule has 19 heavy (non-hydrogen) atoms. The van der Waals surface area contributed by atoms with Crippen LogP contribution in [-0.2, 0) is 0 Å². The van der Waals surface area contributed by atoms with Crippen LogP contribution in [0.4, 0.5) is 5.69 Å². The quantitative estimate of drug-likeness (QED) is 0.894. The van der Waals surface area contributed by atoms with Crippen molar-refractivity contribution < 1.29 is 4.79 Å². The van der Waals surface area contributed by atoms with Gasteiger partial charge >= 0.3 is 0 Å². The van der Waals surface area contributed by atoms with E-state index in [2.05, 4.69) is 10.3 Å². The number of carbonyl (C=O) groups is 1. The van der Waals surface area contributed by atoms with Gasteiger partial charge in [-0.1, -0.05) is 23.2 Å². The molecular formula is C13H10Cl2N2O2. The molecule has 0 unspecified atom stereocenters. The molecule has 0 aliphatic rings. The largest absolute Gasteiger partial charge is 0.367 e. The van der Waals surface area contributed by atoms with E-state index >= 15 is 0 Å². The molecule has 1 aromatic heterocycles. The smallest absolute Gasteiger partial charge is 0.261 e. The van der Waals surface area contributed by atoms with Gasteiger partial charge in [0.15, 0.2) is 5.43 Å². The Labute approximate surface area is 119 Å². The number of nitrogens with one attached hydrogen (secondary N) is 2. The highest BCUT2D eigenvalue weighted by molar-refractivity contribution is 6.36. The molecule has 4 nitrogen and oxygen atoms in total. The molecule has 0 saturated carbocycles. The summed E-state index contributed by atoms with van der Waals surface area (Å²) >= 11 is 12.0. The number of aryl methyl sites for hydroxylation is 1. The number of anilines is 1. The molecule has 2 aromatic rings. The van der Waals surface area contributed by atoms with E-state index in [0.717, 1.165) is 5.56 Å². The third-order valence-corrected chi connectivity index (χ3v) is 3.29. The van der Waals surface area contributed by atoms with Crippen LogP contribution >= 0.6 is 23.2 Å². The Kier molecular flexibility index (Phi) is 3.93. The van der Waals surface area contributed by atoms with E-state index in [-0.39, 0.29) is 11.0 Å². The molecule has 6 heteroatoms. The number of rotatable bonds is 2.